The number of carbonyl (C=O) groups is 2. The molecule has 0 aromatic rings. The van der Waals surface area contributed by atoms with Gasteiger partial charge in [-0.05, 0) is 45.2 Å². The van der Waals surface area contributed by atoms with Gasteiger partial charge in [-0.2, -0.15) is 0 Å². The van der Waals surface area contributed by atoms with Gasteiger partial charge in [0, 0.05) is 13.0 Å². The molecule has 1 unspecified atom stereocenters. The molecule has 104 valence electrons. The number of carboxylic acid groups (broad SMARTS) is 1. The summed E-state index contributed by atoms with van der Waals surface area (Å²) in [5, 5.41) is 11.6. The van der Waals surface area contributed by atoms with E-state index >= 15 is 0 Å². The number of nitrogens with one attached hydrogen (secondary N) is 1. The fourth-order valence-corrected chi connectivity index (χ4v) is 2.35. The molecule has 5 heteroatoms. The molecule has 1 heterocycles. The summed E-state index contributed by atoms with van der Waals surface area (Å²) in [4.78, 5) is 24.6. The largest absolute Gasteiger partial charge is 0.481 e. The van der Waals surface area contributed by atoms with Crippen molar-refractivity contribution in [1.29, 1.82) is 0 Å². The number of amides is 1. The normalized spacial score (nSPS) is 19.4. The van der Waals surface area contributed by atoms with Gasteiger partial charge in [0.2, 0.25) is 5.91 Å². The summed E-state index contributed by atoms with van der Waals surface area (Å²) in [6, 6.07) is -0.109. The standard InChI is InChI=1S/C13H24N2O3/c1-3-6-14-13(18)10(2)15-7-4-11(5-8-15)9-12(16)17/h10-11H,3-9H2,1-2H3,(H,14,18)(H,16,17). The molecule has 0 spiro atoms. The molecule has 0 radical (unpaired) electrons. The highest BCUT2D eigenvalue weighted by molar-refractivity contribution is 5.81. The molecule has 1 atom stereocenters. The molecule has 5 nitrogen and oxygen atoms in total. The maximum Gasteiger partial charge on any atom is 0.303 e. The molecule has 1 rings (SSSR count). The Labute approximate surface area is 109 Å². The summed E-state index contributed by atoms with van der Waals surface area (Å²) in [6.45, 7) is 6.31. The van der Waals surface area contributed by atoms with Gasteiger partial charge in [-0.3, -0.25) is 14.5 Å². The Morgan fingerprint density at radius 2 is 2.00 bits per heavy atom. The first-order chi connectivity index (χ1) is 8.54. The van der Waals surface area contributed by atoms with Gasteiger partial charge >= 0.3 is 5.97 Å². The molecular weight excluding hydrogens is 232 g/mol. The monoisotopic (exact) mass is 256 g/mol. The first kappa shape index (κ1) is 15.0. The third-order valence-electron chi connectivity index (χ3n) is 3.59. The van der Waals surface area contributed by atoms with Crippen molar-refractivity contribution in [2.24, 2.45) is 5.92 Å². The predicted molar refractivity (Wildman–Crippen MR) is 69.3 cm³/mol. The SMILES string of the molecule is CCCNC(=O)C(C)N1CCC(CC(=O)O)CC1. The molecule has 18 heavy (non-hydrogen) atoms. The minimum Gasteiger partial charge on any atom is -0.481 e. The summed E-state index contributed by atoms with van der Waals surface area (Å²) in [6.07, 6.45) is 2.94. The quantitative estimate of drug-likeness (QED) is 0.746. The van der Waals surface area contributed by atoms with Gasteiger partial charge in [0.25, 0.3) is 0 Å². The van der Waals surface area contributed by atoms with Gasteiger partial charge in [-0.1, -0.05) is 6.92 Å². The Kier molecular flexibility index (Phi) is 6.12. The molecule has 0 bridgehead atoms. The van der Waals surface area contributed by atoms with Gasteiger partial charge in [0.05, 0.1) is 6.04 Å². The highest BCUT2D eigenvalue weighted by Crippen LogP contribution is 2.21. The van der Waals surface area contributed by atoms with Crippen LogP contribution in [0.2, 0.25) is 0 Å². The Bertz CT molecular complexity index is 286. The van der Waals surface area contributed by atoms with Crippen LogP contribution in [0.5, 0.6) is 0 Å². The van der Waals surface area contributed by atoms with Crippen molar-refractivity contribution in [3.8, 4) is 0 Å². The van der Waals surface area contributed by atoms with Crippen LogP contribution in [0.3, 0.4) is 0 Å². The zero-order valence-corrected chi connectivity index (χ0v) is 11.3. The fraction of sp³-hybridized carbons (Fsp3) is 0.846. The van der Waals surface area contributed by atoms with E-state index in [-0.39, 0.29) is 24.3 Å². The molecule has 0 aliphatic carbocycles. The van der Waals surface area contributed by atoms with Crippen molar-refractivity contribution < 1.29 is 14.7 Å². The lowest BCUT2D eigenvalue weighted by Gasteiger charge is -2.34. The van der Waals surface area contributed by atoms with Crippen LogP contribution in [-0.2, 0) is 9.59 Å². The zero-order valence-electron chi connectivity index (χ0n) is 11.3. The Morgan fingerprint density at radius 3 is 2.50 bits per heavy atom. The summed E-state index contributed by atoms with van der Waals surface area (Å²) in [7, 11) is 0. The number of likely N-dealkylation sites (tertiary alicyclic amines) is 1. The number of hydrogen-bond acceptors (Lipinski definition) is 3. The number of rotatable bonds is 6. The van der Waals surface area contributed by atoms with Gasteiger partial charge in [0.1, 0.15) is 0 Å². The second-order valence-corrected chi connectivity index (χ2v) is 5.04. The predicted octanol–water partition coefficient (Wildman–Crippen LogP) is 1.09. The second-order valence-electron chi connectivity index (χ2n) is 5.04. The second kappa shape index (κ2) is 7.36. The van der Waals surface area contributed by atoms with Crippen molar-refractivity contribution in [3.05, 3.63) is 0 Å². The Hall–Kier alpha value is -1.10. The number of carboxylic acids is 1. The van der Waals surface area contributed by atoms with E-state index in [0.29, 0.717) is 0 Å². The first-order valence-corrected chi connectivity index (χ1v) is 6.78. The van der Waals surface area contributed by atoms with E-state index in [0.717, 1.165) is 38.9 Å². The lowest BCUT2D eigenvalue weighted by atomic mass is 9.93. The van der Waals surface area contributed by atoms with Gasteiger partial charge < -0.3 is 10.4 Å². The van der Waals surface area contributed by atoms with Crippen molar-refractivity contribution in [1.82, 2.24) is 10.2 Å². The summed E-state index contributed by atoms with van der Waals surface area (Å²) < 4.78 is 0. The number of aliphatic carboxylic acids is 1. The van der Waals surface area contributed by atoms with E-state index in [9.17, 15) is 9.59 Å². The molecule has 1 saturated heterocycles. The molecule has 2 N–H and O–H groups in total. The lowest BCUT2D eigenvalue weighted by molar-refractivity contribution is -0.138. The number of hydrogen-bond donors (Lipinski definition) is 2. The summed E-state index contributed by atoms with van der Waals surface area (Å²) in [5.41, 5.74) is 0. The molecule has 0 saturated carbocycles. The maximum absolute atomic E-state index is 11.8. The van der Waals surface area contributed by atoms with Crippen LogP contribution >= 0.6 is 0 Å². The fourth-order valence-electron chi connectivity index (χ4n) is 2.35. The topological polar surface area (TPSA) is 69.6 Å². The van der Waals surface area contributed by atoms with Crippen LogP contribution in [0, 0.1) is 5.92 Å². The Balaban J connectivity index is 2.33. The minimum atomic E-state index is -0.720. The highest BCUT2D eigenvalue weighted by atomic mass is 16.4. The van der Waals surface area contributed by atoms with Crippen molar-refractivity contribution in [3.63, 3.8) is 0 Å². The molecular formula is C13H24N2O3. The molecule has 1 fully saturated rings. The smallest absolute Gasteiger partial charge is 0.303 e. The maximum atomic E-state index is 11.8. The van der Waals surface area contributed by atoms with Gasteiger partial charge in [-0.25, -0.2) is 0 Å². The van der Waals surface area contributed by atoms with Crippen LogP contribution in [0.1, 0.15) is 39.5 Å². The highest BCUT2D eigenvalue weighted by Gasteiger charge is 2.27. The molecule has 0 aromatic heterocycles. The molecule has 1 aliphatic heterocycles. The van der Waals surface area contributed by atoms with Crippen molar-refractivity contribution in [2.45, 2.75) is 45.6 Å². The van der Waals surface area contributed by atoms with Gasteiger partial charge in [0.15, 0.2) is 0 Å². The van der Waals surface area contributed by atoms with Gasteiger partial charge in [-0.15, -0.1) is 0 Å². The van der Waals surface area contributed by atoms with E-state index < -0.39 is 5.97 Å². The molecule has 0 aromatic carbocycles. The summed E-state index contributed by atoms with van der Waals surface area (Å²) >= 11 is 0. The van der Waals surface area contributed by atoms with E-state index in [1.807, 2.05) is 13.8 Å². The Morgan fingerprint density at radius 1 is 1.39 bits per heavy atom. The zero-order chi connectivity index (χ0) is 13.5. The minimum absolute atomic E-state index is 0.0773. The van der Waals surface area contributed by atoms with E-state index in [2.05, 4.69) is 10.2 Å². The number of carbonyl (C=O) groups excluding carboxylic acids is 1. The third-order valence-corrected chi connectivity index (χ3v) is 3.59. The van der Waals surface area contributed by atoms with Crippen LogP contribution in [0.4, 0.5) is 0 Å². The van der Waals surface area contributed by atoms with Crippen molar-refractivity contribution in [2.75, 3.05) is 19.6 Å². The molecule has 1 aliphatic rings. The van der Waals surface area contributed by atoms with Crippen LogP contribution in [-0.4, -0.2) is 47.6 Å². The van der Waals surface area contributed by atoms with E-state index in [4.69, 9.17) is 5.11 Å². The first-order valence-electron chi connectivity index (χ1n) is 6.78. The average molecular weight is 256 g/mol. The third kappa shape index (κ3) is 4.64. The number of nitrogens with zero attached hydrogens (tertiary/aromatic N) is 1. The number of piperidine rings is 1. The van der Waals surface area contributed by atoms with Crippen LogP contribution in [0.25, 0.3) is 0 Å². The van der Waals surface area contributed by atoms with E-state index in [1.165, 1.54) is 0 Å². The van der Waals surface area contributed by atoms with Crippen molar-refractivity contribution >= 4 is 11.9 Å². The van der Waals surface area contributed by atoms with Crippen LogP contribution in [0.15, 0.2) is 0 Å². The van der Waals surface area contributed by atoms with E-state index in [1.54, 1.807) is 0 Å². The average Bonchev–Trinajstić information content (AvgIpc) is 2.35. The lowest BCUT2D eigenvalue weighted by Crippen LogP contribution is -2.48. The van der Waals surface area contributed by atoms with Crippen LogP contribution < -0.4 is 5.32 Å². The molecule has 1 amide bonds. The summed E-state index contributed by atoms with van der Waals surface area (Å²) in [5.74, 6) is -0.375.